The monoisotopic (exact) mass is 192 g/mol. The Balaban J connectivity index is 2.26. The lowest BCUT2D eigenvalue weighted by Crippen LogP contribution is -2.28. The molecule has 1 aromatic heterocycles. The zero-order chi connectivity index (χ0) is 9.97. The van der Waals surface area contributed by atoms with Crippen molar-refractivity contribution < 1.29 is 4.79 Å². The fraction of sp³-hybridized carbons (Fsp3) is 0.500. The summed E-state index contributed by atoms with van der Waals surface area (Å²) in [4.78, 5) is 26.6. The average molecular weight is 192 g/mol. The summed E-state index contributed by atoms with van der Waals surface area (Å²) < 4.78 is 1.57. The van der Waals surface area contributed by atoms with Crippen LogP contribution in [0.2, 0.25) is 0 Å². The second kappa shape index (κ2) is 3.74. The fourth-order valence-electron chi connectivity index (χ4n) is 1.87. The van der Waals surface area contributed by atoms with Crippen molar-refractivity contribution in [2.24, 2.45) is 0 Å². The summed E-state index contributed by atoms with van der Waals surface area (Å²) >= 11 is 0. The molecule has 1 aromatic rings. The van der Waals surface area contributed by atoms with E-state index in [1.807, 2.05) is 0 Å². The molecule has 0 saturated heterocycles. The van der Waals surface area contributed by atoms with E-state index < -0.39 is 0 Å². The Morgan fingerprint density at radius 2 is 2.29 bits per heavy atom. The van der Waals surface area contributed by atoms with Crippen LogP contribution in [-0.4, -0.2) is 15.3 Å². The van der Waals surface area contributed by atoms with E-state index >= 15 is 0 Å². The zero-order valence-corrected chi connectivity index (χ0v) is 7.85. The van der Waals surface area contributed by atoms with Crippen LogP contribution in [0, 0.1) is 0 Å². The highest BCUT2D eigenvalue weighted by Crippen LogP contribution is 2.23. The van der Waals surface area contributed by atoms with E-state index in [2.05, 4.69) is 4.98 Å². The van der Waals surface area contributed by atoms with Crippen LogP contribution >= 0.6 is 0 Å². The van der Waals surface area contributed by atoms with Gasteiger partial charge < -0.3 is 0 Å². The molecule has 2 rings (SSSR count). The summed E-state index contributed by atoms with van der Waals surface area (Å²) in [6.45, 7) is 0. The molecule has 14 heavy (non-hydrogen) atoms. The quantitative estimate of drug-likeness (QED) is 0.665. The summed E-state index contributed by atoms with van der Waals surface area (Å²) in [7, 11) is 0. The molecule has 74 valence electrons. The van der Waals surface area contributed by atoms with Crippen LogP contribution < -0.4 is 5.56 Å². The number of aromatic nitrogens is 2. The lowest BCUT2D eigenvalue weighted by Gasteiger charge is -2.22. The summed E-state index contributed by atoms with van der Waals surface area (Å²) in [5.74, 6) is 0.247. The van der Waals surface area contributed by atoms with Gasteiger partial charge in [-0.2, -0.15) is 0 Å². The highest BCUT2D eigenvalue weighted by Gasteiger charge is 2.21. The Labute approximate surface area is 81.6 Å². The third-order valence-corrected chi connectivity index (χ3v) is 2.60. The van der Waals surface area contributed by atoms with E-state index in [0.29, 0.717) is 12.8 Å². The van der Waals surface area contributed by atoms with Crippen LogP contribution in [0.3, 0.4) is 0 Å². The number of Topliss-reactive ketones (excluding diaryl/α,β-unsaturated/α-hetero) is 1. The van der Waals surface area contributed by atoms with Gasteiger partial charge in [0.25, 0.3) is 5.56 Å². The highest BCUT2D eigenvalue weighted by molar-refractivity contribution is 5.79. The first kappa shape index (κ1) is 9.12. The summed E-state index contributed by atoms with van der Waals surface area (Å²) in [5, 5.41) is 0. The van der Waals surface area contributed by atoms with Gasteiger partial charge in [-0.3, -0.25) is 14.2 Å². The molecule has 0 radical (unpaired) electrons. The Bertz CT molecular complexity index is 397. The molecule has 1 heterocycles. The minimum atomic E-state index is -0.0697. The highest BCUT2D eigenvalue weighted by atomic mass is 16.1. The molecule has 0 bridgehead atoms. The molecular weight excluding hydrogens is 180 g/mol. The predicted molar refractivity (Wildman–Crippen MR) is 51.0 cm³/mol. The second-order valence-corrected chi connectivity index (χ2v) is 3.61. The lowest BCUT2D eigenvalue weighted by molar-refractivity contribution is -0.121. The van der Waals surface area contributed by atoms with Gasteiger partial charge in [0.15, 0.2) is 0 Å². The number of hydrogen-bond acceptors (Lipinski definition) is 3. The van der Waals surface area contributed by atoms with Crippen LogP contribution in [0.5, 0.6) is 0 Å². The molecule has 4 nitrogen and oxygen atoms in total. The standard InChI is InChI=1S/C10H12N2O2/c13-9-3-1-2-8(6-9)12-7-11-5-4-10(12)14/h4-5,7-8H,1-3,6H2. The van der Waals surface area contributed by atoms with E-state index in [4.69, 9.17) is 0 Å². The number of hydrogen-bond donors (Lipinski definition) is 0. The van der Waals surface area contributed by atoms with Crippen molar-refractivity contribution in [1.29, 1.82) is 0 Å². The SMILES string of the molecule is O=C1CCCC(n2cnccc2=O)C1. The van der Waals surface area contributed by atoms with Crippen LogP contribution in [0.4, 0.5) is 0 Å². The zero-order valence-electron chi connectivity index (χ0n) is 7.85. The Kier molecular flexibility index (Phi) is 2.43. The first-order valence-corrected chi connectivity index (χ1v) is 4.81. The van der Waals surface area contributed by atoms with E-state index in [-0.39, 0.29) is 17.4 Å². The normalized spacial score (nSPS) is 22.3. The molecule has 0 N–H and O–H groups in total. The lowest BCUT2D eigenvalue weighted by atomic mass is 9.94. The van der Waals surface area contributed by atoms with Crippen molar-refractivity contribution in [2.75, 3.05) is 0 Å². The number of ketones is 1. The number of nitrogens with zero attached hydrogens (tertiary/aromatic N) is 2. The first-order chi connectivity index (χ1) is 6.77. The van der Waals surface area contributed by atoms with Crippen molar-refractivity contribution in [3.8, 4) is 0 Å². The van der Waals surface area contributed by atoms with Gasteiger partial charge in [-0.15, -0.1) is 0 Å². The summed E-state index contributed by atoms with van der Waals surface area (Å²) in [6.07, 6.45) is 5.91. The van der Waals surface area contributed by atoms with E-state index in [0.717, 1.165) is 12.8 Å². The first-order valence-electron chi connectivity index (χ1n) is 4.81. The topological polar surface area (TPSA) is 52.0 Å². The summed E-state index contributed by atoms with van der Waals surface area (Å²) in [6, 6.07) is 1.46. The maximum Gasteiger partial charge on any atom is 0.253 e. The van der Waals surface area contributed by atoms with Gasteiger partial charge in [-0.1, -0.05) is 0 Å². The molecule has 1 fully saturated rings. The molecule has 1 unspecified atom stereocenters. The van der Waals surface area contributed by atoms with Gasteiger partial charge in [0.2, 0.25) is 0 Å². The van der Waals surface area contributed by atoms with Gasteiger partial charge in [-0.25, -0.2) is 4.98 Å². The van der Waals surface area contributed by atoms with Crippen molar-refractivity contribution in [3.63, 3.8) is 0 Å². The molecule has 0 amide bonds. The third-order valence-electron chi connectivity index (χ3n) is 2.60. The van der Waals surface area contributed by atoms with E-state index in [1.165, 1.54) is 18.6 Å². The van der Waals surface area contributed by atoms with Crippen LogP contribution in [0.15, 0.2) is 23.4 Å². The van der Waals surface area contributed by atoms with Gasteiger partial charge in [0, 0.05) is 31.1 Å². The molecule has 0 aliphatic heterocycles. The third kappa shape index (κ3) is 1.73. The smallest absolute Gasteiger partial charge is 0.253 e. The molecule has 1 aliphatic carbocycles. The summed E-state index contributed by atoms with van der Waals surface area (Å²) in [5.41, 5.74) is -0.0697. The molecule has 1 aliphatic rings. The van der Waals surface area contributed by atoms with Crippen LogP contribution in [-0.2, 0) is 4.79 Å². The van der Waals surface area contributed by atoms with Gasteiger partial charge in [0.05, 0.1) is 6.33 Å². The fourth-order valence-corrected chi connectivity index (χ4v) is 1.87. The number of carbonyl (C=O) groups is 1. The number of carbonyl (C=O) groups excluding carboxylic acids is 1. The maximum atomic E-state index is 11.4. The second-order valence-electron chi connectivity index (χ2n) is 3.61. The Morgan fingerprint density at radius 3 is 3.00 bits per heavy atom. The molecule has 4 heteroatoms. The van der Waals surface area contributed by atoms with Crippen molar-refractivity contribution in [3.05, 3.63) is 28.9 Å². The minimum Gasteiger partial charge on any atom is -0.300 e. The van der Waals surface area contributed by atoms with Crippen molar-refractivity contribution in [1.82, 2.24) is 9.55 Å². The van der Waals surface area contributed by atoms with Gasteiger partial charge >= 0.3 is 0 Å². The largest absolute Gasteiger partial charge is 0.300 e. The molecule has 0 aromatic carbocycles. The Morgan fingerprint density at radius 1 is 1.43 bits per heavy atom. The maximum absolute atomic E-state index is 11.4. The molecule has 1 atom stereocenters. The predicted octanol–water partition coefficient (Wildman–Crippen LogP) is 0.927. The Hall–Kier alpha value is -1.45. The average Bonchev–Trinajstić information content (AvgIpc) is 2.18. The minimum absolute atomic E-state index is 0.0254. The van der Waals surface area contributed by atoms with E-state index in [1.54, 1.807) is 4.57 Å². The molecule has 1 saturated carbocycles. The van der Waals surface area contributed by atoms with E-state index in [9.17, 15) is 9.59 Å². The van der Waals surface area contributed by atoms with Crippen molar-refractivity contribution in [2.45, 2.75) is 31.7 Å². The molecule has 0 spiro atoms. The van der Waals surface area contributed by atoms with Crippen molar-refractivity contribution >= 4 is 5.78 Å². The van der Waals surface area contributed by atoms with Crippen LogP contribution in [0.25, 0.3) is 0 Å². The van der Waals surface area contributed by atoms with Crippen LogP contribution in [0.1, 0.15) is 31.7 Å². The van der Waals surface area contributed by atoms with Gasteiger partial charge in [-0.05, 0) is 12.8 Å². The van der Waals surface area contributed by atoms with Gasteiger partial charge in [0.1, 0.15) is 5.78 Å². The molecular formula is C10H12N2O2. The number of rotatable bonds is 1.